The molecule has 0 spiro atoms. The Bertz CT molecular complexity index is 1650. The predicted octanol–water partition coefficient (Wildman–Crippen LogP) is 2.24. The van der Waals surface area contributed by atoms with E-state index in [2.05, 4.69) is 42.2 Å². The number of rotatable bonds is 8. The van der Waals surface area contributed by atoms with Gasteiger partial charge in [0.1, 0.15) is 36.4 Å². The summed E-state index contributed by atoms with van der Waals surface area (Å²) in [5, 5.41) is 31.9. The van der Waals surface area contributed by atoms with E-state index in [9.17, 15) is 33.9 Å². The van der Waals surface area contributed by atoms with Crippen LogP contribution in [0.5, 0.6) is 0 Å². The van der Waals surface area contributed by atoms with Crippen molar-refractivity contribution in [2.45, 2.75) is 145 Å². The number of H-pyrrole nitrogens is 1. The van der Waals surface area contributed by atoms with Crippen molar-refractivity contribution in [2.75, 3.05) is 0 Å². The second kappa shape index (κ2) is 21.1. The Balaban J connectivity index is 0.0000108. The quantitative estimate of drug-likeness (QED) is 0.193. The Morgan fingerprint density at radius 2 is 1.05 bits per heavy atom. The third kappa shape index (κ3) is 12.8. The van der Waals surface area contributed by atoms with Gasteiger partial charge in [0.2, 0.25) is 35.4 Å². The van der Waals surface area contributed by atoms with Gasteiger partial charge in [-0.25, -0.2) is 0 Å². The standard InChI is InChI=1S/C40H64N8O7.CH4/c1-19(2)16-28-36(51)46-32(22(7)8)39(54)48-33(23(9)10)40(55)47-30(20(3)4)37(52)42-24(11)34(49)45-31(21(5)6)38(53)44-29(35(50)43-28)17-25-18-41-27-15-13-12-14-26(25)27;/h12-15,18-24,28-33,37,41-42,52H,16-17H2,1-11H3,(H,43,50)(H,44,53)(H,45,49)(H,46,51)(H,47,55)(H,48,54);1H4/t24-,28+,29-,30-,31+,32-,33+,37?;/m0./s1. The average molecular weight is 785 g/mol. The molecule has 314 valence electrons. The Hall–Kier alpha value is -4.50. The maximum absolute atomic E-state index is 14.3. The van der Waals surface area contributed by atoms with Gasteiger partial charge in [-0.1, -0.05) is 94.9 Å². The van der Waals surface area contributed by atoms with Crippen LogP contribution in [-0.4, -0.2) is 94.1 Å². The smallest absolute Gasteiger partial charge is 0.243 e. The number of amides is 6. The lowest BCUT2D eigenvalue weighted by Crippen LogP contribution is -2.62. The average Bonchev–Trinajstić information content (AvgIpc) is 3.50. The third-order valence-electron chi connectivity index (χ3n) is 9.99. The summed E-state index contributed by atoms with van der Waals surface area (Å²) in [6.45, 7) is 19.5. The number of fused-ring (bicyclic) bond motifs is 1. The van der Waals surface area contributed by atoms with Crippen molar-refractivity contribution in [1.82, 2.24) is 42.2 Å². The first kappa shape index (κ1) is 47.7. The molecule has 1 saturated heterocycles. The van der Waals surface area contributed by atoms with E-state index < -0.39 is 95.8 Å². The summed E-state index contributed by atoms with van der Waals surface area (Å²) in [4.78, 5) is 86.6. The molecule has 1 aromatic heterocycles. The molecule has 1 aliphatic rings. The topological polar surface area (TPSA) is 223 Å². The molecule has 0 saturated carbocycles. The summed E-state index contributed by atoms with van der Waals surface area (Å²) < 4.78 is 0. The summed E-state index contributed by atoms with van der Waals surface area (Å²) in [5.74, 6) is -5.12. The van der Waals surface area contributed by atoms with Gasteiger partial charge < -0.3 is 42.0 Å². The third-order valence-corrected chi connectivity index (χ3v) is 9.99. The highest BCUT2D eigenvalue weighted by atomic mass is 16.3. The van der Waals surface area contributed by atoms with Crippen LogP contribution in [0.1, 0.15) is 95.6 Å². The first-order chi connectivity index (χ1) is 25.7. The van der Waals surface area contributed by atoms with Gasteiger partial charge in [-0.3, -0.25) is 34.1 Å². The molecule has 15 heteroatoms. The van der Waals surface area contributed by atoms with Gasteiger partial charge in [0, 0.05) is 23.5 Å². The Kier molecular flexibility index (Phi) is 18.0. The molecule has 2 aromatic rings. The van der Waals surface area contributed by atoms with Crippen LogP contribution in [0.2, 0.25) is 0 Å². The van der Waals surface area contributed by atoms with Crippen LogP contribution in [-0.2, 0) is 35.2 Å². The van der Waals surface area contributed by atoms with Crippen LogP contribution >= 0.6 is 0 Å². The molecule has 0 bridgehead atoms. The van der Waals surface area contributed by atoms with Crippen molar-refractivity contribution in [1.29, 1.82) is 0 Å². The number of nitrogens with one attached hydrogen (secondary N) is 8. The van der Waals surface area contributed by atoms with Crippen LogP contribution in [0.3, 0.4) is 0 Å². The highest BCUT2D eigenvalue weighted by Crippen LogP contribution is 2.20. The molecule has 0 aliphatic carbocycles. The van der Waals surface area contributed by atoms with Crippen LogP contribution in [0.25, 0.3) is 10.9 Å². The fraction of sp³-hybridized carbons (Fsp3) is 0.659. The number of hydrogen-bond donors (Lipinski definition) is 9. The van der Waals surface area contributed by atoms with E-state index in [1.165, 1.54) is 6.92 Å². The van der Waals surface area contributed by atoms with E-state index in [1.54, 1.807) is 61.6 Å². The zero-order valence-electron chi connectivity index (χ0n) is 34.2. The normalized spacial score (nSPS) is 26.9. The highest BCUT2D eigenvalue weighted by Gasteiger charge is 2.37. The van der Waals surface area contributed by atoms with Gasteiger partial charge in [-0.05, 0) is 54.6 Å². The SMILES string of the molecule is C.CC(C)C[C@H]1NC(=O)[C@H](Cc2c[nH]c3ccccc23)NC(=O)[C@@H](C(C)C)NC(=O)[C@H](C)NC(O)[C@H](C(C)C)NC(=O)[C@@H](C(C)C)NC(=O)[C@H](C(C)C)NC1=O. The maximum Gasteiger partial charge on any atom is 0.243 e. The minimum atomic E-state index is -1.39. The lowest BCUT2D eigenvalue weighted by molar-refractivity contribution is -0.136. The molecule has 15 nitrogen and oxygen atoms in total. The van der Waals surface area contributed by atoms with E-state index in [0.29, 0.717) is 0 Å². The first-order valence-electron chi connectivity index (χ1n) is 19.5. The van der Waals surface area contributed by atoms with Crippen molar-refractivity contribution >= 4 is 46.3 Å². The number of aromatic nitrogens is 1. The van der Waals surface area contributed by atoms with Crippen molar-refractivity contribution in [3.63, 3.8) is 0 Å². The summed E-state index contributed by atoms with van der Waals surface area (Å²) in [6.07, 6.45) is 0.663. The molecule has 6 amide bonds. The molecule has 9 N–H and O–H groups in total. The summed E-state index contributed by atoms with van der Waals surface area (Å²) in [5.41, 5.74) is 1.59. The molecular weight excluding hydrogens is 716 g/mol. The molecule has 1 aromatic carbocycles. The van der Waals surface area contributed by atoms with Crippen LogP contribution in [0.15, 0.2) is 30.5 Å². The Morgan fingerprint density at radius 3 is 1.59 bits per heavy atom. The molecule has 56 heavy (non-hydrogen) atoms. The van der Waals surface area contributed by atoms with Gasteiger partial charge in [-0.15, -0.1) is 0 Å². The van der Waals surface area contributed by atoms with Crippen molar-refractivity contribution in [3.05, 3.63) is 36.0 Å². The highest BCUT2D eigenvalue weighted by molar-refractivity contribution is 5.97. The Labute approximate surface area is 332 Å². The van der Waals surface area contributed by atoms with E-state index in [0.717, 1.165) is 16.5 Å². The van der Waals surface area contributed by atoms with Crippen molar-refractivity contribution < 1.29 is 33.9 Å². The molecule has 1 aliphatic heterocycles. The summed E-state index contributed by atoms with van der Waals surface area (Å²) >= 11 is 0. The maximum atomic E-state index is 14.3. The molecule has 1 fully saturated rings. The number of aliphatic hydroxyl groups is 1. The van der Waals surface area contributed by atoms with Crippen LogP contribution in [0, 0.1) is 29.6 Å². The van der Waals surface area contributed by atoms with E-state index >= 15 is 0 Å². The number of aromatic amines is 1. The number of hydrogen-bond acceptors (Lipinski definition) is 8. The van der Waals surface area contributed by atoms with Crippen molar-refractivity contribution in [3.8, 4) is 0 Å². The number of carbonyl (C=O) groups excluding carboxylic acids is 6. The first-order valence-corrected chi connectivity index (χ1v) is 19.5. The van der Waals surface area contributed by atoms with Gasteiger partial charge >= 0.3 is 0 Å². The second-order valence-corrected chi connectivity index (χ2v) is 16.6. The molecule has 3 rings (SSSR count). The number of carbonyl (C=O) groups is 6. The van der Waals surface area contributed by atoms with E-state index in [1.807, 2.05) is 38.1 Å². The van der Waals surface area contributed by atoms with Crippen LogP contribution < -0.4 is 37.2 Å². The Morgan fingerprint density at radius 1 is 0.589 bits per heavy atom. The van der Waals surface area contributed by atoms with Gasteiger partial charge in [-0.2, -0.15) is 0 Å². The van der Waals surface area contributed by atoms with Crippen molar-refractivity contribution in [2.24, 2.45) is 29.6 Å². The minimum Gasteiger partial charge on any atom is -0.376 e. The number of para-hydroxylation sites is 1. The molecule has 1 unspecified atom stereocenters. The van der Waals surface area contributed by atoms with Crippen LogP contribution in [0.4, 0.5) is 0 Å². The molecule has 0 radical (unpaired) electrons. The minimum absolute atomic E-state index is 0. The second-order valence-electron chi connectivity index (χ2n) is 16.6. The van der Waals surface area contributed by atoms with Gasteiger partial charge in [0.15, 0.2) is 0 Å². The lowest BCUT2D eigenvalue weighted by Gasteiger charge is -2.33. The predicted molar refractivity (Wildman–Crippen MR) is 218 cm³/mol. The van der Waals surface area contributed by atoms with Gasteiger partial charge in [0.25, 0.3) is 0 Å². The summed E-state index contributed by atoms with van der Waals surface area (Å²) in [6, 6.07) is 0.231. The largest absolute Gasteiger partial charge is 0.376 e. The summed E-state index contributed by atoms with van der Waals surface area (Å²) in [7, 11) is 0. The lowest BCUT2D eigenvalue weighted by atomic mass is 9.96. The number of aliphatic hydroxyl groups excluding tert-OH is 1. The molecule has 2 heterocycles. The molecular formula is C41H68N8O7. The van der Waals surface area contributed by atoms with E-state index in [-0.39, 0.29) is 38.0 Å². The zero-order chi connectivity index (χ0) is 41.3. The fourth-order valence-electron chi connectivity index (χ4n) is 6.65. The monoisotopic (exact) mass is 785 g/mol. The zero-order valence-corrected chi connectivity index (χ0v) is 34.2. The fourth-order valence-corrected chi connectivity index (χ4v) is 6.65. The van der Waals surface area contributed by atoms with E-state index in [4.69, 9.17) is 0 Å². The van der Waals surface area contributed by atoms with Gasteiger partial charge in [0.05, 0.1) is 12.1 Å². The molecule has 8 atom stereocenters. The number of benzene rings is 1.